The summed E-state index contributed by atoms with van der Waals surface area (Å²) in [6, 6.07) is -0.420. The first-order chi connectivity index (χ1) is 10.9. The highest BCUT2D eigenvalue weighted by atomic mass is 32.2. The lowest BCUT2D eigenvalue weighted by Crippen LogP contribution is -2.50. The number of nitrogens with zero attached hydrogens (tertiary/aromatic N) is 1. The molecule has 2 amide bonds. The summed E-state index contributed by atoms with van der Waals surface area (Å²) in [5.41, 5.74) is 0. The fourth-order valence-electron chi connectivity index (χ4n) is 3.17. The molecule has 1 aliphatic carbocycles. The largest absolute Gasteiger partial charge is 0.481 e. The van der Waals surface area contributed by atoms with Gasteiger partial charge in [-0.3, -0.25) is 14.4 Å². The van der Waals surface area contributed by atoms with Crippen molar-refractivity contribution in [1.29, 1.82) is 0 Å². The highest BCUT2D eigenvalue weighted by molar-refractivity contribution is 7.99. The van der Waals surface area contributed by atoms with Crippen LogP contribution in [0, 0.1) is 17.8 Å². The van der Waals surface area contributed by atoms with Crippen molar-refractivity contribution in [2.75, 3.05) is 18.2 Å². The maximum atomic E-state index is 12.8. The Morgan fingerprint density at radius 2 is 1.96 bits per heavy atom. The summed E-state index contributed by atoms with van der Waals surface area (Å²) in [5.74, 6) is -0.146. The van der Waals surface area contributed by atoms with Gasteiger partial charge in [0.25, 0.3) is 0 Å². The summed E-state index contributed by atoms with van der Waals surface area (Å²) in [6.07, 6.45) is 2.53. The Bertz CT molecular complexity index is 469. The molecule has 23 heavy (non-hydrogen) atoms. The molecule has 130 valence electrons. The minimum Gasteiger partial charge on any atom is -0.481 e. The van der Waals surface area contributed by atoms with E-state index in [1.54, 1.807) is 16.7 Å². The Morgan fingerprint density at radius 3 is 2.61 bits per heavy atom. The number of amides is 2. The van der Waals surface area contributed by atoms with E-state index in [1.165, 1.54) is 0 Å². The number of nitrogens with one attached hydrogen (secondary N) is 1. The minimum absolute atomic E-state index is 0.0503. The van der Waals surface area contributed by atoms with Crippen molar-refractivity contribution in [2.24, 2.45) is 17.8 Å². The first-order valence-corrected chi connectivity index (χ1v) is 9.44. The summed E-state index contributed by atoms with van der Waals surface area (Å²) in [6.45, 7) is 4.66. The predicted octanol–water partition coefficient (Wildman–Crippen LogP) is 1.55. The number of thioether (sulfide) groups is 1. The second-order valence-corrected chi connectivity index (χ2v) is 7.86. The highest BCUT2D eigenvalue weighted by Gasteiger charge is 2.39. The number of rotatable bonds is 5. The van der Waals surface area contributed by atoms with Crippen LogP contribution in [0.2, 0.25) is 0 Å². The summed E-state index contributed by atoms with van der Waals surface area (Å²) in [5, 5.41) is 12.1. The molecule has 1 saturated heterocycles. The van der Waals surface area contributed by atoms with Gasteiger partial charge < -0.3 is 15.3 Å². The second-order valence-electron chi connectivity index (χ2n) is 6.86. The lowest BCUT2D eigenvalue weighted by atomic mass is 9.80. The molecule has 6 nitrogen and oxygen atoms in total. The van der Waals surface area contributed by atoms with Crippen LogP contribution in [0.15, 0.2) is 0 Å². The number of hydrogen-bond acceptors (Lipinski definition) is 4. The molecule has 0 aromatic heterocycles. The van der Waals surface area contributed by atoms with E-state index in [2.05, 4.69) is 5.32 Å². The molecule has 0 aromatic rings. The van der Waals surface area contributed by atoms with Gasteiger partial charge in [-0.1, -0.05) is 20.3 Å². The topological polar surface area (TPSA) is 86.7 Å². The number of carbonyl (C=O) groups is 3. The van der Waals surface area contributed by atoms with Gasteiger partial charge in [0.05, 0.1) is 11.8 Å². The van der Waals surface area contributed by atoms with Crippen LogP contribution in [-0.4, -0.2) is 52.0 Å². The molecule has 0 aromatic carbocycles. The van der Waals surface area contributed by atoms with E-state index < -0.39 is 17.9 Å². The SMILES string of the molecule is CC(C)CNC(=O)C1CSCN1C(=O)C1CCCC(C(=O)O)C1. The van der Waals surface area contributed by atoms with E-state index in [1.807, 2.05) is 13.8 Å². The zero-order valence-corrected chi connectivity index (χ0v) is 14.6. The zero-order chi connectivity index (χ0) is 17.0. The average molecular weight is 342 g/mol. The maximum absolute atomic E-state index is 12.8. The summed E-state index contributed by atoms with van der Waals surface area (Å²) in [7, 11) is 0. The molecule has 2 fully saturated rings. The fraction of sp³-hybridized carbons (Fsp3) is 0.812. The van der Waals surface area contributed by atoms with Crippen LogP contribution in [-0.2, 0) is 14.4 Å². The summed E-state index contributed by atoms with van der Waals surface area (Å²) < 4.78 is 0. The number of carboxylic acid groups (broad SMARTS) is 1. The molecule has 1 aliphatic heterocycles. The van der Waals surface area contributed by atoms with Gasteiger partial charge in [-0.2, -0.15) is 0 Å². The van der Waals surface area contributed by atoms with Crippen LogP contribution < -0.4 is 5.32 Å². The van der Waals surface area contributed by atoms with Gasteiger partial charge in [0.2, 0.25) is 11.8 Å². The van der Waals surface area contributed by atoms with Gasteiger partial charge in [-0.25, -0.2) is 0 Å². The standard InChI is InChI=1S/C16H26N2O4S/c1-10(2)7-17-14(19)13-8-23-9-18(13)15(20)11-4-3-5-12(6-11)16(21)22/h10-13H,3-9H2,1-2H3,(H,17,19)(H,21,22). The Morgan fingerprint density at radius 1 is 1.26 bits per heavy atom. The minimum atomic E-state index is -0.815. The molecule has 2 N–H and O–H groups in total. The van der Waals surface area contributed by atoms with E-state index in [0.717, 1.165) is 12.8 Å². The quantitative estimate of drug-likeness (QED) is 0.792. The van der Waals surface area contributed by atoms with Crippen LogP contribution in [0.3, 0.4) is 0 Å². The van der Waals surface area contributed by atoms with Gasteiger partial charge in [-0.05, 0) is 25.2 Å². The number of carboxylic acids is 1. The van der Waals surface area contributed by atoms with E-state index >= 15 is 0 Å². The lowest BCUT2D eigenvalue weighted by molar-refractivity contribution is -0.147. The van der Waals surface area contributed by atoms with E-state index in [0.29, 0.717) is 36.9 Å². The van der Waals surface area contributed by atoms with Crippen molar-refractivity contribution < 1.29 is 19.5 Å². The molecular weight excluding hydrogens is 316 g/mol. The molecule has 0 bridgehead atoms. The molecule has 3 unspecified atom stereocenters. The van der Waals surface area contributed by atoms with Gasteiger partial charge in [0.15, 0.2) is 0 Å². The van der Waals surface area contributed by atoms with Crippen molar-refractivity contribution in [3.8, 4) is 0 Å². The van der Waals surface area contributed by atoms with Gasteiger partial charge >= 0.3 is 5.97 Å². The molecule has 3 atom stereocenters. The Hall–Kier alpha value is -1.24. The smallest absolute Gasteiger partial charge is 0.306 e. The summed E-state index contributed by atoms with van der Waals surface area (Å²) >= 11 is 1.58. The van der Waals surface area contributed by atoms with Crippen molar-refractivity contribution in [3.63, 3.8) is 0 Å². The number of carbonyl (C=O) groups excluding carboxylic acids is 2. The Kier molecular flexibility index (Phi) is 6.33. The lowest BCUT2D eigenvalue weighted by Gasteiger charge is -2.31. The van der Waals surface area contributed by atoms with Crippen LogP contribution in [0.4, 0.5) is 0 Å². The third-order valence-corrected chi connectivity index (χ3v) is 5.54. The number of hydrogen-bond donors (Lipinski definition) is 2. The van der Waals surface area contributed by atoms with Gasteiger partial charge in [0.1, 0.15) is 6.04 Å². The highest BCUT2D eigenvalue weighted by Crippen LogP contribution is 2.33. The molecule has 1 heterocycles. The Balaban J connectivity index is 1.97. The van der Waals surface area contributed by atoms with Crippen LogP contribution in [0.25, 0.3) is 0 Å². The molecule has 0 radical (unpaired) electrons. The maximum Gasteiger partial charge on any atom is 0.306 e. The van der Waals surface area contributed by atoms with Crippen molar-refractivity contribution >= 4 is 29.5 Å². The van der Waals surface area contributed by atoms with Crippen LogP contribution in [0.5, 0.6) is 0 Å². The van der Waals surface area contributed by atoms with E-state index in [4.69, 9.17) is 0 Å². The second kappa shape index (κ2) is 8.04. The molecule has 2 aliphatic rings. The van der Waals surface area contributed by atoms with E-state index in [9.17, 15) is 19.5 Å². The van der Waals surface area contributed by atoms with E-state index in [-0.39, 0.29) is 17.7 Å². The van der Waals surface area contributed by atoms with Crippen molar-refractivity contribution in [2.45, 2.75) is 45.6 Å². The van der Waals surface area contributed by atoms with Crippen molar-refractivity contribution in [3.05, 3.63) is 0 Å². The molecule has 1 saturated carbocycles. The zero-order valence-electron chi connectivity index (χ0n) is 13.8. The fourth-order valence-corrected chi connectivity index (χ4v) is 4.34. The molecule has 7 heteroatoms. The summed E-state index contributed by atoms with van der Waals surface area (Å²) in [4.78, 5) is 37.9. The Labute approximate surface area is 141 Å². The third-order valence-electron chi connectivity index (χ3n) is 4.53. The normalized spacial score (nSPS) is 28.0. The first-order valence-electron chi connectivity index (χ1n) is 8.29. The first kappa shape index (κ1) is 18.1. The molecule has 0 spiro atoms. The average Bonchev–Trinajstić information content (AvgIpc) is 3.01. The molecular formula is C16H26N2O4S. The predicted molar refractivity (Wildman–Crippen MR) is 88.9 cm³/mol. The van der Waals surface area contributed by atoms with Gasteiger partial charge in [-0.15, -0.1) is 11.8 Å². The monoisotopic (exact) mass is 342 g/mol. The number of aliphatic carboxylic acids is 1. The van der Waals surface area contributed by atoms with Crippen molar-refractivity contribution in [1.82, 2.24) is 10.2 Å². The third kappa shape index (κ3) is 4.62. The van der Waals surface area contributed by atoms with Crippen LogP contribution >= 0.6 is 11.8 Å². The van der Waals surface area contributed by atoms with Gasteiger partial charge in [0, 0.05) is 18.2 Å². The van der Waals surface area contributed by atoms with Crippen LogP contribution in [0.1, 0.15) is 39.5 Å². The molecule has 2 rings (SSSR count).